The maximum atomic E-state index is 12.3. The molecule has 0 unspecified atom stereocenters. The molecule has 2 heterocycles. The number of amides is 1. The molecule has 1 aromatic carbocycles. The molecule has 1 amide bonds. The van der Waals surface area contributed by atoms with Gasteiger partial charge in [0.1, 0.15) is 11.3 Å². The van der Waals surface area contributed by atoms with E-state index in [0.717, 1.165) is 11.3 Å². The minimum Gasteiger partial charge on any atom is -0.454 e. The van der Waals surface area contributed by atoms with Gasteiger partial charge in [0.05, 0.1) is 11.7 Å². The zero-order valence-electron chi connectivity index (χ0n) is 12.1. The van der Waals surface area contributed by atoms with E-state index in [-0.39, 0.29) is 18.7 Å². The average molecular weight is 288 g/mol. The Labute approximate surface area is 122 Å². The van der Waals surface area contributed by atoms with Crippen molar-refractivity contribution in [2.24, 2.45) is 0 Å². The molecule has 1 atom stereocenters. The van der Waals surface area contributed by atoms with Crippen LogP contribution in [0.3, 0.4) is 0 Å². The molecular formula is C15H16N2O4. The summed E-state index contributed by atoms with van der Waals surface area (Å²) in [6.07, 6.45) is 0. The summed E-state index contributed by atoms with van der Waals surface area (Å²) in [5.74, 6) is 1.74. The monoisotopic (exact) mass is 288 g/mol. The quantitative estimate of drug-likeness (QED) is 0.939. The Morgan fingerprint density at radius 3 is 2.76 bits per heavy atom. The van der Waals surface area contributed by atoms with Gasteiger partial charge in [-0.25, -0.2) is 0 Å². The Bertz CT molecular complexity index is 673. The van der Waals surface area contributed by atoms with Crippen molar-refractivity contribution in [3.05, 3.63) is 40.8 Å². The Morgan fingerprint density at radius 1 is 1.29 bits per heavy atom. The normalized spacial score (nSPS) is 14.0. The number of fused-ring (bicyclic) bond motifs is 1. The van der Waals surface area contributed by atoms with Crippen LogP contribution in [0.2, 0.25) is 0 Å². The van der Waals surface area contributed by atoms with Crippen LogP contribution in [0.1, 0.15) is 40.3 Å². The SMILES string of the molecule is Cc1noc(C)c1C(=O)N[C@@H](C)c1ccc2c(c1)OCO2. The van der Waals surface area contributed by atoms with Gasteiger partial charge < -0.3 is 19.3 Å². The standard InChI is InChI=1S/C15H16N2O4/c1-8(11-4-5-12-13(6-11)20-7-19-12)16-15(18)14-9(2)17-21-10(14)3/h4-6,8H,7H2,1-3H3,(H,16,18)/t8-/m0/s1. The molecule has 0 saturated heterocycles. The van der Waals surface area contributed by atoms with Crippen LogP contribution >= 0.6 is 0 Å². The zero-order chi connectivity index (χ0) is 15.0. The minimum absolute atomic E-state index is 0.166. The molecule has 6 heteroatoms. The lowest BCUT2D eigenvalue weighted by Crippen LogP contribution is -2.27. The summed E-state index contributed by atoms with van der Waals surface area (Å²) in [6, 6.07) is 5.46. The second-order valence-electron chi connectivity index (χ2n) is 5.01. The molecule has 0 fully saturated rings. The van der Waals surface area contributed by atoms with Gasteiger partial charge in [0.25, 0.3) is 5.91 Å². The van der Waals surface area contributed by atoms with Crippen molar-refractivity contribution < 1.29 is 18.8 Å². The van der Waals surface area contributed by atoms with E-state index in [4.69, 9.17) is 14.0 Å². The van der Waals surface area contributed by atoms with Gasteiger partial charge in [0, 0.05) is 0 Å². The van der Waals surface area contributed by atoms with Crippen LogP contribution in [0, 0.1) is 13.8 Å². The summed E-state index contributed by atoms with van der Waals surface area (Å²) >= 11 is 0. The van der Waals surface area contributed by atoms with Crippen molar-refractivity contribution in [2.45, 2.75) is 26.8 Å². The van der Waals surface area contributed by atoms with E-state index >= 15 is 0 Å². The van der Waals surface area contributed by atoms with Gasteiger partial charge in [-0.2, -0.15) is 0 Å². The lowest BCUT2D eigenvalue weighted by atomic mass is 10.1. The largest absolute Gasteiger partial charge is 0.454 e. The van der Waals surface area contributed by atoms with E-state index in [1.54, 1.807) is 13.8 Å². The van der Waals surface area contributed by atoms with Crippen LogP contribution in [-0.2, 0) is 0 Å². The summed E-state index contributed by atoms with van der Waals surface area (Å²) in [5, 5.41) is 6.73. The maximum Gasteiger partial charge on any atom is 0.257 e. The van der Waals surface area contributed by atoms with Crippen LogP contribution in [0.4, 0.5) is 0 Å². The van der Waals surface area contributed by atoms with Gasteiger partial charge in [0.2, 0.25) is 6.79 Å². The van der Waals surface area contributed by atoms with Gasteiger partial charge in [-0.05, 0) is 38.5 Å². The third kappa shape index (κ3) is 2.44. The molecule has 0 saturated carbocycles. The van der Waals surface area contributed by atoms with E-state index < -0.39 is 0 Å². The smallest absolute Gasteiger partial charge is 0.257 e. The van der Waals surface area contributed by atoms with Gasteiger partial charge in [-0.1, -0.05) is 11.2 Å². The fraction of sp³-hybridized carbons (Fsp3) is 0.333. The Balaban J connectivity index is 1.77. The number of ether oxygens (including phenoxy) is 2. The number of hydrogen-bond acceptors (Lipinski definition) is 5. The van der Waals surface area contributed by atoms with Crippen molar-refractivity contribution in [1.82, 2.24) is 10.5 Å². The number of benzene rings is 1. The van der Waals surface area contributed by atoms with Gasteiger partial charge in [-0.15, -0.1) is 0 Å². The third-order valence-corrected chi connectivity index (χ3v) is 3.50. The van der Waals surface area contributed by atoms with Crippen LogP contribution in [0.25, 0.3) is 0 Å². The highest BCUT2D eigenvalue weighted by atomic mass is 16.7. The Kier molecular flexibility index (Phi) is 3.29. The molecule has 1 aliphatic rings. The highest BCUT2D eigenvalue weighted by Gasteiger charge is 2.21. The van der Waals surface area contributed by atoms with Crippen molar-refractivity contribution in [2.75, 3.05) is 6.79 Å². The number of aryl methyl sites for hydroxylation is 2. The zero-order valence-corrected chi connectivity index (χ0v) is 12.1. The molecule has 1 N–H and O–H groups in total. The lowest BCUT2D eigenvalue weighted by Gasteiger charge is -2.14. The first-order valence-corrected chi connectivity index (χ1v) is 6.69. The molecule has 1 aromatic heterocycles. The van der Waals surface area contributed by atoms with Gasteiger partial charge in [0.15, 0.2) is 11.5 Å². The van der Waals surface area contributed by atoms with E-state index in [1.165, 1.54) is 0 Å². The highest BCUT2D eigenvalue weighted by Crippen LogP contribution is 2.34. The van der Waals surface area contributed by atoms with Crippen molar-refractivity contribution in [1.29, 1.82) is 0 Å². The first-order valence-electron chi connectivity index (χ1n) is 6.69. The maximum absolute atomic E-state index is 12.3. The summed E-state index contributed by atoms with van der Waals surface area (Å²) < 4.78 is 15.6. The average Bonchev–Trinajstić information content (AvgIpc) is 3.04. The summed E-state index contributed by atoms with van der Waals surface area (Å²) in [4.78, 5) is 12.3. The Morgan fingerprint density at radius 2 is 2.05 bits per heavy atom. The van der Waals surface area contributed by atoms with E-state index in [1.807, 2.05) is 25.1 Å². The van der Waals surface area contributed by atoms with E-state index in [2.05, 4.69) is 10.5 Å². The molecule has 2 aromatic rings. The van der Waals surface area contributed by atoms with Gasteiger partial charge >= 0.3 is 0 Å². The third-order valence-electron chi connectivity index (χ3n) is 3.50. The highest BCUT2D eigenvalue weighted by molar-refractivity contribution is 5.96. The predicted octanol–water partition coefficient (Wildman–Crippen LogP) is 2.51. The number of carbonyl (C=O) groups is 1. The van der Waals surface area contributed by atoms with E-state index in [0.29, 0.717) is 22.8 Å². The second kappa shape index (κ2) is 5.12. The van der Waals surface area contributed by atoms with Crippen LogP contribution in [0.5, 0.6) is 11.5 Å². The number of aromatic nitrogens is 1. The molecule has 1 aliphatic heterocycles. The summed E-state index contributed by atoms with van der Waals surface area (Å²) in [5.41, 5.74) is 2.02. The number of rotatable bonds is 3. The lowest BCUT2D eigenvalue weighted by molar-refractivity contribution is 0.0937. The molecule has 0 spiro atoms. The van der Waals surface area contributed by atoms with Crippen LogP contribution in [0.15, 0.2) is 22.7 Å². The molecule has 0 aliphatic carbocycles. The van der Waals surface area contributed by atoms with Crippen LogP contribution < -0.4 is 14.8 Å². The number of hydrogen-bond donors (Lipinski definition) is 1. The van der Waals surface area contributed by atoms with Gasteiger partial charge in [-0.3, -0.25) is 4.79 Å². The summed E-state index contributed by atoms with van der Waals surface area (Å²) in [6.45, 7) is 5.61. The minimum atomic E-state index is -0.198. The molecular weight excluding hydrogens is 272 g/mol. The number of nitrogens with one attached hydrogen (secondary N) is 1. The fourth-order valence-electron chi connectivity index (χ4n) is 2.34. The van der Waals surface area contributed by atoms with Crippen LogP contribution in [-0.4, -0.2) is 17.9 Å². The van der Waals surface area contributed by atoms with Crippen molar-refractivity contribution in [3.63, 3.8) is 0 Å². The number of nitrogens with zero attached hydrogens (tertiary/aromatic N) is 1. The molecule has 110 valence electrons. The van der Waals surface area contributed by atoms with Crippen molar-refractivity contribution in [3.8, 4) is 11.5 Å². The fourth-order valence-corrected chi connectivity index (χ4v) is 2.34. The summed E-state index contributed by atoms with van der Waals surface area (Å²) in [7, 11) is 0. The molecule has 0 bridgehead atoms. The van der Waals surface area contributed by atoms with Crippen molar-refractivity contribution >= 4 is 5.91 Å². The molecule has 3 rings (SSSR count). The molecule has 21 heavy (non-hydrogen) atoms. The first-order chi connectivity index (χ1) is 10.1. The first kappa shape index (κ1) is 13.5. The Hall–Kier alpha value is -2.50. The topological polar surface area (TPSA) is 73.6 Å². The second-order valence-corrected chi connectivity index (χ2v) is 5.01. The van der Waals surface area contributed by atoms with E-state index in [9.17, 15) is 4.79 Å². The molecule has 0 radical (unpaired) electrons. The predicted molar refractivity (Wildman–Crippen MR) is 74.4 cm³/mol. The number of carbonyl (C=O) groups excluding carboxylic acids is 1. The molecule has 6 nitrogen and oxygen atoms in total.